The Kier molecular flexibility index (Phi) is 4.14. The summed E-state index contributed by atoms with van der Waals surface area (Å²) in [5.74, 6) is 0.246. The van der Waals surface area contributed by atoms with Crippen LogP contribution in [0.1, 0.15) is 19.4 Å². The van der Waals surface area contributed by atoms with Crippen LogP contribution in [0.3, 0.4) is 0 Å². The van der Waals surface area contributed by atoms with E-state index in [1.54, 1.807) is 12.1 Å². The first-order chi connectivity index (χ1) is 7.13. The second-order valence-electron chi connectivity index (χ2n) is 3.88. The molecule has 0 bridgehead atoms. The summed E-state index contributed by atoms with van der Waals surface area (Å²) in [5, 5.41) is 21.3. The zero-order valence-corrected chi connectivity index (χ0v) is 9.07. The van der Waals surface area contributed by atoms with E-state index in [0.717, 1.165) is 5.69 Å². The minimum absolute atomic E-state index is 0.246. The van der Waals surface area contributed by atoms with Gasteiger partial charge in [-0.3, -0.25) is 0 Å². The van der Waals surface area contributed by atoms with Gasteiger partial charge in [0, 0.05) is 12.2 Å². The highest BCUT2D eigenvalue weighted by Gasteiger charge is 2.07. The molecule has 1 aromatic rings. The summed E-state index contributed by atoms with van der Waals surface area (Å²) in [7, 11) is 0. The van der Waals surface area contributed by atoms with Gasteiger partial charge in [-0.05, 0) is 30.2 Å². The lowest BCUT2D eigenvalue weighted by atomic mass is 10.1. The number of aliphatic hydroxyl groups is 1. The van der Waals surface area contributed by atoms with Crippen molar-refractivity contribution < 1.29 is 5.11 Å². The van der Waals surface area contributed by atoms with E-state index in [-0.39, 0.29) is 12.0 Å². The largest absolute Gasteiger partial charge is 0.391 e. The average molecular weight is 204 g/mol. The zero-order chi connectivity index (χ0) is 11.3. The molecule has 3 heteroatoms. The van der Waals surface area contributed by atoms with E-state index in [4.69, 9.17) is 5.26 Å². The summed E-state index contributed by atoms with van der Waals surface area (Å²) in [5.41, 5.74) is 1.57. The molecule has 0 radical (unpaired) electrons. The number of aliphatic hydroxyl groups excluding tert-OH is 1. The number of hydrogen-bond donors (Lipinski definition) is 2. The van der Waals surface area contributed by atoms with E-state index in [1.807, 2.05) is 26.0 Å². The van der Waals surface area contributed by atoms with Crippen molar-refractivity contribution in [1.82, 2.24) is 0 Å². The molecule has 0 spiro atoms. The lowest BCUT2D eigenvalue weighted by Gasteiger charge is -2.15. The van der Waals surface area contributed by atoms with Crippen molar-refractivity contribution in [3.05, 3.63) is 29.8 Å². The third-order valence-corrected chi connectivity index (χ3v) is 2.30. The van der Waals surface area contributed by atoms with Crippen LogP contribution in [0.25, 0.3) is 0 Å². The third kappa shape index (κ3) is 3.61. The molecule has 0 aliphatic heterocycles. The van der Waals surface area contributed by atoms with Crippen molar-refractivity contribution >= 4 is 5.69 Å². The summed E-state index contributed by atoms with van der Waals surface area (Å²) in [6, 6.07) is 9.25. The summed E-state index contributed by atoms with van der Waals surface area (Å²) >= 11 is 0. The lowest BCUT2D eigenvalue weighted by Crippen LogP contribution is -2.24. The molecule has 0 fully saturated rings. The maximum Gasteiger partial charge on any atom is 0.0991 e. The first-order valence-electron chi connectivity index (χ1n) is 5.05. The maximum atomic E-state index is 9.57. The van der Waals surface area contributed by atoms with Crippen molar-refractivity contribution in [3.8, 4) is 6.07 Å². The highest BCUT2D eigenvalue weighted by molar-refractivity contribution is 5.47. The van der Waals surface area contributed by atoms with Crippen LogP contribution in [0.15, 0.2) is 24.3 Å². The molecule has 1 rings (SSSR count). The first-order valence-corrected chi connectivity index (χ1v) is 5.05. The molecular formula is C12H16N2O. The summed E-state index contributed by atoms with van der Waals surface area (Å²) in [6.45, 7) is 4.49. The van der Waals surface area contributed by atoms with Crippen LogP contribution in [0.4, 0.5) is 5.69 Å². The van der Waals surface area contributed by atoms with Crippen LogP contribution in [0, 0.1) is 17.2 Å². The number of hydrogen-bond acceptors (Lipinski definition) is 3. The van der Waals surface area contributed by atoms with Crippen molar-refractivity contribution in [2.75, 3.05) is 11.9 Å². The van der Waals surface area contributed by atoms with E-state index in [9.17, 15) is 5.11 Å². The Hall–Kier alpha value is -1.53. The van der Waals surface area contributed by atoms with Gasteiger partial charge in [0.25, 0.3) is 0 Å². The Morgan fingerprint density at radius 2 is 1.93 bits per heavy atom. The van der Waals surface area contributed by atoms with Gasteiger partial charge in [-0.2, -0.15) is 5.26 Å². The molecule has 80 valence electrons. The fraction of sp³-hybridized carbons (Fsp3) is 0.417. The number of nitrogens with zero attached hydrogens (tertiary/aromatic N) is 1. The van der Waals surface area contributed by atoms with Gasteiger partial charge < -0.3 is 10.4 Å². The van der Waals surface area contributed by atoms with Crippen LogP contribution in [0.2, 0.25) is 0 Å². The number of benzene rings is 1. The van der Waals surface area contributed by atoms with Gasteiger partial charge in [0.05, 0.1) is 17.7 Å². The number of anilines is 1. The molecule has 1 unspecified atom stereocenters. The molecule has 0 aromatic heterocycles. The molecule has 2 N–H and O–H groups in total. The summed E-state index contributed by atoms with van der Waals surface area (Å²) in [4.78, 5) is 0. The highest BCUT2D eigenvalue weighted by Crippen LogP contribution is 2.09. The standard InChI is InChI=1S/C12H16N2O/c1-9(2)12(15)8-14-11-5-3-10(7-13)4-6-11/h3-6,9,12,14-15H,8H2,1-2H3. The van der Waals surface area contributed by atoms with Crippen molar-refractivity contribution in [2.24, 2.45) is 5.92 Å². The van der Waals surface area contributed by atoms with Gasteiger partial charge in [-0.15, -0.1) is 0 Å². The predicted octanol–water partition coefficient (Wildman–Crippen LogP) is 1.99. The molecule has 1 atom stereocenters. The Balaban J connectivity index is 2.48. The Labute approximate surface area is 90.4 Å². The second kappa shape index (κ2) is 5.38. The quantitative estimate of drug-likeness (QED) is 0.788. The van der Waals surface area contributed by atoms with Crippen LogP contribution in [-0.2, 0) is 0 Å². The van der Waals surface area contributed by atoms with Gasteiger partial charge in [0.2, 0.25) is 0 Å². The van der Waals surface area contributed by atoms with Crippen molar-refractivity contribution in [1.29, 1.82) is 5.26 Å². The molecule has 0 heterocycles. The second-order valence-corrected chi connectivity index (χ2v) is 3.88. The van der Waals surface area contributed by atoms with Gasteiger partial charge in [-0.25, -0.2) is 0 Å². The van der Waals surface area contributed by atoms with Gasteiger partial charge >= 0.3 is 0 Å². The molecule has 0 aliphatic rings. The average Bonchev–Trinajstić information content (AvgIpc) is 2.26. The minimum atomic E-state index is -0.347. The van der Waals surface area contributed by atoms with E-state index < -0.39 is 0 Å². The molecule has 0 amide bonds. The van der Waals surface area contributed by atoms with Crippen LogP contribution >= 0.6 is 0 Å². The van der Waals surface area contributed by atoms with Crippen molar-refractivity contribution in [3.63, 3.8) is 0 Å². The lowest BCUT2D eigenvalue weighted by molar-refractivity contribution is 0.138. The van der Waals surface area contributed by atoms with E-state index in [0.29, 0.717) is 12.1 Å². The molecule has 1 aromatic carbocycles. The molecule has 0 saturated carbocycles. The Morgan fingerprint density at radius 3 is 2.40 bits per heavy atom. The smallest absolute Gasteiger partial charge is 0.0991 e. The van der Waals surface area contributed by atoms with E-state index in [2.05, 4.69) is 11.4 Å². The van der Waals surface area contributed by atoms with Crippen LogP contribution in [-0.4, -0.2) is 17.8 Å². The topological polar surface area (TPSA) is 56.0 Å². The molecule has 3 nitrogen and oxygen atoms in total. The fourth-order valence-corrected chi connectivity index (χ4v) is 1.12. The monoisotopic (exact) mass is 204 g/mol. The molecule has 15 heavy (non-hydrogen) atoms. The molecule has 0 saturated heterocycles. The van der Waals surface area contributed by atoms with Crippen LogP contribution < -0.4 is 5.32 Å². The summed E-state index contributed by atoms with van der Waals surface area (Å²) in [6.07, 6.45) is -0.347. The summed E-state index contributed by atoms with van der Waals surface area (Å²) < 4.78 is 0. The highest BCUT2D eigenvalue weighted by atomic mass is 16.3. The van der Waals surface area contributed by atoms with Crippen LogP contribution in [0.5, 0.6) is 0 Å². The zero-order valence-electron chi connectivity index (χ0n) is 9.07. The van der Waals surface area contributed by atoms with Gasteiger partial charge in [0.1, 0.15) is 0 Å². The van der Waals surface area contributed by atoms with Gasteiger partial charge in [-0.1, -0.05) is 13.8 Å². The normalized spacial score (nSPS) is 12.2. The molecular weight excluding hydrogens is 188 g/mol. The maximum absolute atomic E-state index is 9.57. The predicted molar refractivity (Wildman–Crippen MR) is 60.5 cm³/mol. The van der Waals surface area contributed by atoms with Gasteiger partial charge in [0.15, 0.2) is 0 Å². The van der Waals surface area contributed by atoms with E-state index in [1.165, 1.54) is 0 Å². The Bertz CT molecular complexity index is 338. The van der Waals surface area contributed by atoms with Crippen molar-refractivity contribution in [2.45, 2.75) is 20.0 Å². The Morgan fingerprint density at radius 1 is 1.33 bits per heavy atom. The molecule has 0 aliphatic carbocycles. The third-order valence-electron chi connectivity index (χ3n) is 2.30. The SMILES string of the molecule is CC(C)C(O)CNc1ccc(C#N)cc1. The number of rotatable bonds is 4. The van der Waals surface area contributed by atoms with E-state index >= 15 is 0 Å². The fourth-order valence-electron chi connectivity index (χ4n) is 1.12. The number of nitriles is 1. The minimum Gasteiger partial charge on any atom is -0.391 e. The number of nitrogens with one attached hydrogen (secondary N) is 1. The first kappa shape index (κ1) is 11.5.